The Bertz CT molecular complexity index is 543. The predicted octanol–water partition coefficient (Wildman–Crippen LogP) is 2.55. The van der Waals surface area contributed by atoms with Gasteiger partial charge in [-0.1, -0.05) is 41.5 Å². The van der Waals surface area contributed by atoms with Crippen LogP contribution in [0.3, 0.4) is 0 Å². The normalized spacial score (nSPS) is 15.2. The molecule has 3 N–H and O–H groups in total. The van der Waals surface area contributed by atoms with Gasteiger partial charge in [0.25, 0.3) is 0 Å². The van der Waals surface area contributed by atoms with Crippen LogP contribution in [0.15, 0.2) is 12.1 Å². The zero-order valence-electron chi connectivity index (χ0n) is 15.0. The van der Waals surface area contributed by atoms with E-state index in [-0.39, 0.29) is 16.6 Å². The number of ether oxygens (including phenoxy) is 1. The van der Waals surface area contributed by atoms with Gasteiger partial charge in [-0.2, -0.15) is 0 Å². The minimum atomic E-state index is -1.68. The molecule has 0 fully saturated rings. The molecule has 0 aliphatic carbocycles. The summed E-state index contributed by atoms with van der Waals surface area (Å²) in [5, 5.41) is 30.9. The first-order valence-electron chi connectivity index (χ1n) is 7.62. The number of phenols is 1. The number of hydrogen-bond donors (Lipinski definition) is 3. The van der Waals surface area contributed by atoms with E-state index in [0.29, 0.717) is 16.7 Å². The Kier molecular flexibility index (Phi) is 5.49. The van der Waals surface area contributed by atoms with E-state index in [2.05, 4.69) is 4.74 Å². The smallest absolute Gasteiger partial charge is 0.337 e. The number of esters is 1. The number of phenolic OH excluding ortho intramolecular Hbond substituents is 1. The number of aliphatic hydroxyl groups excluding tert-OH is 2. The summed E-state index contributed by atoms with van der Waals surface area (Å²) in [5.74, 6) is -0.728. The molecule has 2 unspecified atom stereocenters. The summed E-state index contributed by atoms with van der Waals surface area (Å²) < 4.78 is 4.48. The molecule has 0 saturated heterocycles. The van der Waals surface area contributed by atoms with Crippen LogP contribution in [0.4, 0.5) is 0 Å². The molecule has 0 spiro atoms. The molecular formula is C18H28O5. The van der Waals surface area contributed by atoms with E-state index < -0.39 is 18.2 Å². The summed E-state index contributed by atoms with van der Waals surface area (Å²) >= 11 is 0. The van der Waals surface area contributed by atoms with Crippen molar-refractivity contribution in [3.8, 4) is 5.75 Å². The van der Waals surface area contributed by atoms with Crippen LogP contribution in [-0.4, -0.2) is 34.5 Å². The lowest BCUT2D eigenvalue weighted by Crippen LogP contribution is -2.29. The van der Waals surface area contributed by atoms with Crippen molar-refractivity contribution in [3.05, 3.63) is 28.8 Å². The number of rotatable bonds is 3. The van der Waals surface area contributed by atoms with Crippen molar-refractivity contribution in [1.29, 1.82) is 0 Å². The van der Waals surface area contributed by atoms with Gasteiger partial charge in [0.1, 0.15) is 11.9 Å². The van der Waals surface area contributed by atoms with Gasteiger partial charge in [0.15, 0.2) is 6.10 Å². The maximum absolute atomic E-state index is 11.5. The Morgan fingerprint density at radius 3 is 1.70 bits per heavy atom. The fourth-order valence-electron chi connectivity index (χ4n) is 2.40. The highest BCUT2D eigenvalue weighted by Gasteiger charge is 2.31. The van der Waals surface area contributed by atoms with Crippen LogP contribution in [0, 0.1) is 0 Å². The molecule has 0 aromatic heterocycles. The molecule has 0 bridgehead atoms. The number of methoxy groups -OCH3 is 1. The quantitative estimate of drug-likeness (QED) is 0.744. The lowest BCUT2D eigenvalue weighted by atomic mass is 9.77. The minimum absolute atomic E-state index is 0.175. The summed E-state index contributed by atoms with van der Waals surface area (Å²) in [6.45, 7) is 11.7. The van der Waals surface area contributed by atoms with E-state index in [0.717, 1.165) is 7.11 Å². The molecule has 2 atom stereocenters. The van der Waals surface area contributed by atoms with Gasteiger partial charge in [-0.3, -0.25) is 0 Å². The van der Waals surface area contributed by atoms with Crippen molar-refractivity contribution >= 4 is 5.97 Å². The van der Waals surface area contributed by atoms with E-state index in [9.17, 15) is 20.1 Å². The van der Waals surface area contributed by atoms with Gasteiger partial charge in [0.2, 0.25) is 0 Å². The molecule has 1 aromatic rings. The summed E-state index contributed by atoms with van der Waals surface area (Å²) in [5.41, 5.74) is 0.939. The van der Waals surface area contributed by atoms with Crippen LogP contribution >= 0.6 is 0 Å². The second kappa shape index (κ2) is 6.49. The molecule has 0 amide bonds. The maximum atomic E-state index is 11.5. The van der Waals surface area contributed by atoms with Gasteiger partial charge in [-0.05, 0) is 39.7 Å². The first-order valence-corrected chi connectivity index (χ1v) is 7.62. The molecule has 0 radical (unpaired) electrons. The largest absolute Gasteiger partial charge is 0.507 e. The third kappa shape index (κ3) is 4.24. The second-order valence-electron chi connectivity index (χ2n) is 7.88. The van der Waals surface area contributed by atoms with Crippen molar-refractivity contribution in [1.82, 2.24) is 0 Å². The summed E-state index contributed by atoms with van der Waals surface area (Å²) in [6.07, 6.45) is -3.10. The number of carbonyl (C=O) groups is 1. The highest BCUT2D eigenvalue weighted by Crippen LogP contribution is 2.41. The highest BCUT2D eigenvalue weighted by atomic mass is 16.5. The molecule has 5 nitrogen and oxygen atoms in total. The zero-order chi connectivity index (χ0) is 18.2. The monoisotopic (exact) mass is 324 g/mol. The molecule has 1 aromatic carbocycles. The third-order valence-electron chi connectivity index (χ3n) is 3.83. The molecule has 1 rings (SSSR count). The predicted molar refractivity (Wildman–Crippen MR) is 88.5 cm³/mol. The van der Waals surface area contributed by atoms with E-state index in [1.54, 1.807) is 12.1 Å². The van der Waals surface area contributed by atoms with Crippen LogP contribution < -0.4 is 0 Å². The van der Waals surface area contributed by atoms with E-state index >= 15 is 0 Å². The first kappa shape index (κ1) is 19.5. The highest BCUT2D eigenvalue weighted by molar-refractivity contribution is 5.75. The summed E-state index contributed by atoms with van der Waals surface area (Å²) in [7, 11) is 1.15. The van der Waals surface area contributed by atoms with E-state index in [1.165, 1.54) is 0 Å². The summed E-state index contributed by atoms with van der Waals surface area (Å²) in [6, 6.07) is 3.25. The SMILES string of the molecule is COC(=O)C(O)C(O)c1cc(C(C)(C)C)c(O)c(C(C)(C)C)c1. The van der Waals surface area contributed by atoms with Crippen molar-refractivity contribution in [2.45, 2.75) is 64.6 Å². The number of carbonyl (C=O) groups excluding carboxylic acids is 1. The molecule has 5 heteroatoms. The standard InChI is InChI=1S/C18H28O5/c1-17(2,3)11-8-10(13(19)15(21)16(22)23-7)9-12(14(11)20)18(4,5)6/h8-9,13,15,19-21H,1-7H3. The van der Waals surface area contributed by atoms with Crippen molar-refractivity contribution < 1.29 is 24.9 Å². The zero-order valence-corrected chi connectivity index (χ0v) is 15.0. The van der Waals surface area contributed by atoms with Crippen molar-refractivity contribution in [2.75, 3.05) is 7.11 Å². The Hall–Kier alpha value is -1.59. The number of hydrogen-bond acceptors (Lipinski definition) is 5. The Morgan fingerprint density at radius 1 is 1.00 bits per heavy atom. The lowest BCUT2D eigenvalue weighted by Gasteiger charge is -2.29. The van der Waals surface area contributed by atoms with Gasteiger partial charge >= 0.3 is 5.97 Å². The van der Waals surface area contributed by atoms with Crippen LogP contribution in [-0.2, 0) is 20.4 Å². The number of aliphatic hydroxyl groups is 2. The molecule has 0 aliphatic rings. The molecule has 0 heterocycles. The molecule has 0 saturated carbocycles. The van der Waals surface area contributed by atoms with Crippen molar-refractivity contribution in [2.24, 2.45) is 0 Å². The second-order valence-corrected chi connectivity index (χ2v) is 7.88. The average molecular weight is 324 g/mol. The Balaban J connectivity index is 3.53. The fraction of sp³-hybridized carbons (Fsp3) is 0.611. The van der Waals surface area contributed by atoms with Gasteiger partial charge < -0.3 is 20.1 Å². The van der Waals surface area contributed by atoms with Gasteiger partial charge in [-0.15, -0.1) is 0 Å². The van der Waals surface area contributed by atoms with E-state index in [4.69, 9.17) is 0 Å². The molecular weight excluding hydrogens is 296 g/mol. The lowest BCUT2D eigenvalue weighted by molar-refractivity contribution is -0.156. The number of aromatic hydroxyl groups is 1. The Morgan fingerprint density at radius 2 is 1.39 bits per heavy atom. The minimum Gasteiger partial charge on any atom is -0.507 e. The fourth-order valence-corrected chi connectivity index (χ4v) is 2.40. The van der Waals surface area contributed by atoms with Crippen LogP contribution in [0.2, 0.25) is 0 Å². The van der Waals surface area contributed by atoms with Gasteiger partial charge in [0.05, 0.1) is 7.11 Å². The van der Waals surface area contributed by atoms with Crippen LogP contribution in [0.25, 0.3) is 0 Å². The van der Waals surface area contributed by atoms with Crippen LogP contribution in [0.1, 0.15) is 64.3 Å². The number of benzene rings is 1. The van der Waals surface area contributed by atoms with Crippen molar-refractivity contribution in [3.63, 3.8) is 0 Å². The third-order valence-corrected chi connectivity index (χ3v) is 3.83. The molecule has 23 heavy (non-hydrogen) atoms. The molecule has 0 aliphatic heterocycles. The Labute approximate surface area is 137 Å². The molecule has 130 valence electrons. The van der Waals surface area contributed by atoms with Gasteiger partial charge in [0, 0.05) is 0 Å². The first-order chi connectivity index (χ1) is 10.3. The van der Waals surface area contributed by atoms with Gasteiger partial charge in [-0.25, -0.2) is 4.79 Å². The average Bonchev–Trinajstić information content (AvgIpc) is 2.42. The summed E-state index contributed by atoms with van der Waals surface area (Å²) in [4.78, 5) is 11.5. The maximum Gasteiger partial charge on any atom is 0.337 e. The van der Waals surface area contributed by atoms with Crippen LogP contribution in [0.5, 0.6) is 5.75 Å². The van der Waals surface area contributed by atoms with E-state index in [1.807, 2.05) is 41.5 Å². The topological polar surface area (TPSA) is 87.0 Å².